The molecule has 2 fully saturated rings. The average molecular weight is 437 g/mol. The molecule has 8 heteroatoms. The zero-order valence-corrected chi connectivity index (χ0v) is 17.2. The molecule has 7 nitrogen and oxygen atoms in total. The molecule has 5 atom stereocenters. The summed E-state index contributed by atoms with van der Waals surface area (Å²) < 4.78 is 16.9. The smallest absolute Gasteiger partial charge is 0.222 e. The fourth-order valence-electron chi connectivity index (χ4n) is 4.14. The third-order valence-electron chi connectivity index (χ3n) is 5.84. The molecule has 2 saturated heterocycles. The number of fused-ring (bicyclic) bond motifs is 2. The van der Waals surface area contributed by atoms with Crippen LogP contribution in [0.15, 0.2) is 42.5 Å². The molecule has 2 aliphatic rings. The Labute approximate surface area is 179 Å². The van der Waals surface area contributed by atoms with Gasteiger partial charge < -0.3 is 34.6 Å². The third-order valence-corrected chi connectivity index (χ3v) is 6.21. The molecule has 0 aromatic heterocycles. The van der Waals surface area contributed by atoms with Gasteiger partial charge in [-0.25, -0.2) is 0 Å². The molecular formula is C22H25ClO7. The van der Waals surface area contributed by atoms with Crippen molar-refractivity contribution in [2.24, 2.45) is 0 Å². The molecule has 2 aromatic rings. The van der Waals surface area contributed by atoms with Gasteiger partial charge in [0.15, 0.2) is 0 Å². The first-order valence-electron chi connectivity index (χ1n) is 9.85. The van der Waals surface area contributed by atoms with Crippen molar-refractivity contribution in [1.82, 2.24) is 0 Å². The molecule has 0 unspecified atom stereocenters. The molecule has 162 valence electrons. The summed E-state index contributed by atoms with van der Waals surface area (Å²) in [5.74, 6) is -0.997. The summed E-state index contributed by atoms with van der Waals surface area (Å²) in [4.78, 5) is 0. The number of rotatable bonds is 6. The van der Waals surface area contributed by atoms with Crippen LogP contribution in [0.3, 0.4) is 0 Å². The minimum Gasteiger partial charge on any atom is -0.494 e. The minimum absolute atomic E-state index is 0.132. The highest BCUT2D eigenvalue weighted by atomic mass is 35.5. The maximum absolute atomic E-state index is 10.7. The number of aliphatic hydroxyl groups is 4. The van der Waals surface area contributed by atoms with Crippen molar-refractivity contribution < 1.29 is 34.6 Å². The first-order chi connectivity index (χ1) is 14.3. The van der Waals surface area contributed by atoms with Gasteiger partial charge in [-0.15, -0.1) is 0 Å². The van der Waals surface area contributed by atoms with E-state index in [2.05, 4.69) is 0 Å². The van der Waals surface area contributed by atoms with Crippen LogP contribution in [0.25, 0.3) is 0 Å². The average Bonchev–Trinajstić information content (AvgIpc) is 3.14. The van der Waals surface area contributed by atoms with Crippen molar-refractivity contribution in [3.05, 3.63) is 64.2 Å². The van der Waals surface area contributed by atoms with Crippen LogP contribution >= 0.6 is 11.6 Å². The Morgan fingerprint density at radius 3 is 2.50 bits per heavy atom. The minimum atomic E-state index is -1.78. The Kier molecular flexibility index (Phi) is 5.80. The maximum atomic E-state index is 10.7. The van der Waals surface area contributed by atoms with E-state index in [4.69, 9.17) is 25.8 Å². The van der Waals surface area contributed by atoms with Crippen LogP contribution in [0.1, 0.15) is 23.6 Å². The molecule has 4 rings (SSSR count). The summed E-state index contributed by atoms with van der Waals surface area (Å²) in [5.41, 5.74) is 0.926. The fourth-order valence-corrected chi connectivity index (χ4v) is 4.33. The van der Waals surface area contributed by atoms with Gasteiger partial charge in [-0.3, -0.25) is 0 Å². The summed E-state index contributed by atoms with van der Waals surface area (Å²) in [6.07, 6.45) is -4.04. The van der Waals surface area contributed by atoms with Gasteiger partial charge in [-0.05, 0) is 48.2 Å². The van der Waals surface area contributed by atoms with E-state index in [-0.39, 0.29) is 6.61 Å². The summed E-state index contributed by atoms with van der Waals surface area (Å²) in [5, 5.41) is 41.6. The Morgan fingerprint density at radius 2 is 1.83 bits per heavy atom. The molecule has 2 aromatic carbocycles. The van der Waals surface area contributed by atoms with Crippen molar-refractivity contribution in [3.63, 3.8) is 0 Å². The lowest BCUT2D eigenvalue weighted by molar-refractivity contribution is -0.330. The lowest BCUT2D eigenvalue weighted by Crippen LogP contribution is -2.65. The predicted octanol–water partition coefficient (Wildman–Crippen LogP) is 1.36. The quantitative estimate of drug-likeness (QED) is 0.541. The van der Waals surface area contributed by atoms with Crippen molar-refractivity contribution in [2.45, 2.75) is 43.0 Å². The lowest BCUT2D eigenvalue weighted by Gasteiger charge is -2.46. The number of hydrogen-bond acceptors (Lipinski definition) is 7. The summed E-state index contributed by atoms with van der Waals surface area (Å²) in [6, 6.07) is 12.9. The zero-order chi connectivity index (χ0) is 21.5. The maximum Gasteiger partial charge on any atom is 0.222 e. The number of hydrogen-bond donors (Lipinski definition) is 4. The first-order valence-corrected chi connectivity index (χ1v) is 10.2. The fraction of sp³-hybridized carbons (Fsp3) is 0.455. The summed E-state index contributed by atoms with van der Waals surface area (Å²) in [7, 11) is 0. The third kappa shape index (κ3) is 3.40. The zero-order valence-electron chi connectivity index (χ0n) is 16.5. The van der Waals surface area contributed by atoms with Gasteiger partial charge in [0.1, 0.15) is 36.3 Å². The number of benzene rings is 2. The summed E-state index contributed by atoms with van der Waals surface area (Å²) in [6.45, 7) is 1.73. The highest BCUT2D eigenvalue weighted by molar-refractivity contribution is 6.31. The van der Waals surface area contributed by atoms with E-state index in [1.165, 1.54) is 0 Å². The van der Waals surface area contributed by atoms with E-state index in [9.17, 15) is 20.4 Å². The van der Waals surface area contributed by atoms with E-state index < -0.39 is 36.3 Å². The molecular weight excluding hydrogens is 412 g/mol. The Hall–Kier alpha value is -1.71. The van der Waals surface area contributed by atoms with Gasteiger partial charge in [0.05, 0.1) is 13.2 Å². The molecule has 2 aliphatic heterocycles. The van der Waals surface area contributed by atoms with E-state index in [0.717, 1.165) is 16.9 Å². The second-order valence-electron chi connectivity index (χ2n) is 7.69. The van der Waals surface area contributed by atoms with Gasteiger partial charge in [-0.1, -0.05) is 35.9 Å². The molecule has 0 amide bonds. The predicted molar refractivity (Wildman–Crippen MR) is 108 cm³/mol. The van der Waals surface area contributed by atoms with Crippen LogP contribution in [0, 0.1) is 0 Å². The topological polar surface area (TPSA) is 109 Å². The van der Waals surface area contributed by atoms with Crippen molar-refractivity contribution >= 4 is 11.6 Å². The SMILES string of the molecule is CCOc1ccc(Cc2cc([C@]34CO[C@](CO)(O3)[C@@H](O)[C@H](O)[C@H]4O)ccc2Cl)cc1. The highest BCUT2D eigenvalue weighted by Crippen LogP contribution is 2.49. The van der Waals surface area contributed by atoms with Gasteiger partial charge in [-0.2, -0.15) is 0 Å². The van der Waals surface area contributed by atoms with E-state index >= 15 is 0 Å². The van der Waals surface area contributed by atoms with Gasteiger partial charge in [0, 0.05) is 5.02 Å². The van der Waals surface area contributed by atoms with Crippen LogP contribution in [0.4, 0.5) is 0 Å². The molecule has 30 heavy (non-hydrogen) atoms. The van der Waals surface area contributed by atoms with Crippen molar-refractivity contribution in [3.8, 4) is 5.75 Å². The second-order valence-corrected chi connectivity index (χ2v) is 8.10. The summed E-state index contributed by atoms with van der Waals surface area (Å²) >= 11 is 6.42. The van der Waals surface area contributed by atoms with E-state index in [1.807, 2.05) is 31.2 Å². The first kappa shape index (κ1) is 21.5. The molecule has 0 radical (unpaired) electrons. The monoisotopic (exact) mass is 436 g/mol. The molecule has 2 heterocycles. The van der Waals surface area contributed by atoms with Gasteiger partial charge in [0.2, 0.25) is 5.79 Å². The van der Waals surface area contributed by atoms with Crippen LogP contribution in [0.2, 0.25) is 5.02 Å². The highest BCUT2D eigenvalue weighted by Gasteiger charge is 2.67. The molecule has 4 N–H and O–H groups in total. The van der Waals surface area contributed by atoms with E-state index in [1.54, 1.807) is 18.2 Å². The Morgan fingerprint density at radius 1 is 1.10 bits per heavy atom. The molecule has 0 spiro atoms. The standard InChI is InChI=1S/C22H25ClO7/c1-2-28-16-6-3-13(4-7-16)9-14-10-15(5-8-17(14)23)21-12-29-22(11-24,30-21)20(27)18(25)19(21)26/h3-8,10,18-20,24-27H,2,9,11-12H2,1H3/t18-,19-,20+,21+,22-/m1/s1. The van der Waals surface area contributed by atoms with E-state index in [0.29, 0.717) is 23.6 Å². The number of ether oxygens (including phenoxy) is 3. The largest absolute Gasteiger partial charge is 0.494 e. The van der Waals surface area contributed by atoms with Crippen LogP contribution in [-0.4, -0.2) is 64.3 Å². The number of halogens is 1. The van der Waals surface area contributed by atoms with Crippen LogP contribution < -0.4 is 4.74 Å². The number of aliphatic hydroxyl groups excluding tert-OH is 4. The van der Waals surface area contributed by atoms with Gasteiger partial charge in [0.25, 0.3) is 0 Å². The van der Waals surface area contributed by atoms with Crippen LogP contribution in [-0.2, 0) is 21.5 Å². The van der Waals surface area contributed by atoms with Gasteiger partial charge >= 0.3 is 0 Å². The molecule has 0 aliphatic carbocycles. The molecule has 2 bridgehead atoms. The normalized spacial score (nSPS) is 32.9. The molecule has 0 saturated carbocycles. The lowest BCUT2D eigenvalue weighted by atomic mass is 9.80. The second kappa shape index (κ2) is 8.09. The Bertz CT molecular complexity index is 905. The van der Waals surface area contributed by atoms with Crippen LogP contribution in [0.5, 0.6) is 5.75 Å². The Balaban J connectivity index is 1.66. The van der Waals surface area contributed by atoms with Crippen molar-refractivity contribution in [1.29, 1.82) is 0 Å². The van der Waals surface area contributed by atoms with Crippen molar-refractivity contribution in [2.75, 3.05) is 19.8 Å².